The standard InChI is InChI=1S/C12H11AsO3/c14-12-8-6-11(7-9-12)13(15,16)10-4-2-1-3-5-10/h1-9,14H,(H,15,16). The van der Waals surface area contributed by atoms with Gasteiger partial charge in [-0.3, -0.25) is 0 Å². The van der Waals surface area contributed by atoms with Crippen molar-refractivity contribution in [1.82, 2.24) is 0 Å². The van der Waals surface area contributed by atoms with Gasteiger partial charge in [0.2, 0.25) is 0 Å². The maximum atomic E-state index is 12.3. The molecule has 1 unspecified atom stereocenters. The van der Waals surface area contributed by atoms with Crippen molar-refractivity contribution in [2.45, 2.75) is 0 Å². The Bertz CT molecular complexity index is 520. The molecule has 1 atom stereocenters. The van der Waals surface area contributed by atoms with E-state index in [1.807, 2.05) is 0 Å². The Morgan fingerprint density at radius 1 is 0.812 bits per heavy atom. The molecule has 0 heterocycles. The van der Waals surface area contributed by atoms with Gasteiger partial charge in [0.1, 0.15) is 0 Å². The van der Waals surface area contributed by atoms with Gasteiger partial charge in [0.05, 0.1) is 0 Å². The van der Waals surface area contributed by atoms with Crippen LogP contribution in [-0.4, -0.2) is 23.0 Å². The second-order valence-corrected chi connectivity index (χ2v) is 8.01. The van der Waals surface area contributed by atoms with Crippen molar-refractivity contribution >= 4 is 22.5 Å². The predicted molar refractivity (Wildman–Crippen MR) is 62.5 cm³/mol. The van der Waals surface area contributed by atoms with Crippen molar-refractivity contribution in [3.05, 3.63) is 54.6 Å². The van der Waals surface area contributed by atoms with Crippen LogP contribution < -0.4 is 8.70 Å². The molecule has 0 radical (unpaired) electrons. The molecule has 3 nitrogen and oxygen atoms in total. The van der Waals surface area contributed by atoms with Gasteiger partial charge in [-0.2, -0.15) is 0 Å². The number of hydrogen-bond acceptors (Lipinski definition) is 2. The van der Waals surface area contributed by atoms with E-state index >= 15 is 0 Å². The average molecular weight is 278 g/mol. The average Bonchev–Trinajstić information content (AvgIpc) is 2.31. The molecule has 0 amide bonds. The topological polar surface area (TPSA) is 57.5 Å². The molecule has 0 saturated carbocycles. The summed E-state index contributed by atoms with van der Waals surface area (Å²) in [5.74, 6) is 0.0901. The molecule has 2 aromatic carbocycles. The number of phenolic OH excluding ortho intramolecular Hbond substituents is 1. The zero-order chi connectivity index (χ0) is 11.6. The minimum absolute atomic E-state index is 0.0901. The van der Waals surface area contributed by atoms with Gasteiger partial charge in [-0.1, -0.05) is 0 Å². The summed E-state index contributed by atoms with van der Waals surface area (Å²) in [6.45, 7) is 0. The van der Waals surface area contributed by atoms with Crippen molar-refractivity contribution in [2.24, 2.45) is 0 Å². The van der Waals surface area contributed by atoms with E-state index in [-0.39, 0.29) is 5.75 Å². The van der Waals surface area contributed by atoms with Crippen LogP contribution in [0, 0.1) is 0 Å². The second-order valence-electron chi connectivity index (χ2n) is 3.43. The molecule has 0 aliphatic rings. The van der Waals surface area contributed by atoms with Crippen molar-refractivity contribution in [1.29, 1.82) is 0 Å². The Morgan fingerprint density at radius 3 is 1.88 bits per heavy atom. The summed E-state index contributed by atoms with van der Waals surface area (Å²) in [6.07, 6.45) is 0. The first-order valence-corrected chi connectivity index (χ1v) is 8.27. The molecule has 2 N–H and O–H groups in total. The third kappa shape index (κ3) is 2.06. The number of hydrogen-bond donors (Lipinski definition) is 2. The van der Waals surface area contributed by atoms with Gasteiger partial charge in [0, 0.05) is 0 Å². The Kier molecular flexibility index (Phi) is 2.90. The molecule has 0 aromatic heterocycles. The van der Waals surface area contributed by atoms with Crippen LogP contribution in [0.4, 0.5) is 0 Å². The van der Waals surface area contributed by atoms with Crippen LogP contribution in [0.1, 0.15) is 0 Å². The fraction of sp³-hybridized carbons (Fsp3) is 0. The van der Waals surface area contributed by atoms with E-state index in [0.29, 0.717) is 8.70 Å². The Morgan fingerprint density at radius 2 is 1.31 bits per heavy atom. The Balaban J connectivity index is 2.47. The molecular weight excluding hydrogens is 267 g/mol. The van der Waals surface area contributed by atoms with E-state index in [0.717, 1.165) is 0 Å². The summed E-state index contributed by atoms with van der Waals surface area (Å²) in [6, 6.07) is 14.4. The fourth-order valence-corrected chi connectivity index (χ4v) is 4.43. The van der Waals surface area contributed by atoms with Gasteiger partial charge < -0.3 is 0 Å². The molecule has 0 saturated heterocycles. The molecule has 82 valence electrons. The molecular formula is C12H11AsO3. The van der Waals surface area contributed by atoms with Crippen LogP contribution in [0.2, 0.25) is 0 Å². The molecule has 0 aliphatic carbocycles. The van der Waals surface area contributed by atoms with Gasteiger partial charge >= 0.3 is 95.8 Å². The van der Waals surface area contributed by atoms with Crippen molar-refractivity contribution in [3.63, 3.8) is 0 Å². The van der Waals surface area contributed by atoms with Crippen LogP contribution in [0.3, 0.4) is 0 Å². The van der Waals surface area contributed by atoms with E-state index < -0.39 is 13.8 Å². The third-order valence-electron chi connectivity index (χ3n) is 2.31. The molecule has 2 rings (SSSR count). The first kappa shape index (κ1) is 11.1. The van der Waals surface area contributed by atoms with E-state index in [1.165, 1.54) is 24.3 Å². The monoisotopic (exact) mass is 278 g/mol. The molecule has 16 heavy (non-hydrogen) atoms. The van der Waals surface area contributed by atoms with Crippen LogP contribution in [0.25, 0.3) is 0 Å². The maximum absolute atomic E-state index is 12.3. The van der Waals surface area contributed by atoms with Crippen molar-refractivity contribution in [2.75, 3.05) is 0 Å². The van der Waals surface area contributed by atoms with Gasteiger partial charge in [0.15, 0.2) is 0 Å². The van der Waals surface area contributed by atoms with Gasteiger partial charge in [-0.05, 0) is 0 Å². The summed E-state index contributed by atoms with van der Waals surface area (Å²) >= 11 is -4.21. The van der Waals surface area contributed by atoms with E-state index in [1.54, 1.807) is 30.3 Å². The normalized spacial score (nSPS) is 14.3. The summed E-state index contributed by atoms with van der Waals surface area (Å²) in [7, 11) is 0. The number of phenols is 1. The molecule has 0 fully saturated rings. The summed E-state index contributed by atoms with van der Waals surface area (Å²) < 4.78 is 23.2. The Labute approximate surface area is 96.0 Å². The third-order valence-corrected chi connectivity index (χ3v) is 6.49. The second kappa shape index (κ2) is 4.20. The number of benzene rings is 2. The van der Waals surface area contributed by atoms with E-state index in [2.05, 4.69) is 0 Å². The number of aromatic hydroxyl groups is 1. The summed E-state index contributed by atoms with van der Waals surface area (Å²) in [5.41, 5.74) is 0. The van der Waals surface area contributed by atoms with Crippen molar-refractivity contribution in [3.8, 4) is 5.75 Å². The van der Waals surface area contributed by atoms with Crippen molar-refractivity contribution < 1.29 is 12.9 Å². The van der Waals surface area contributed by atoms with Gasteiger partial charge in [-0.15, -0.1) is 0 Å². The first-order chi connectivity index (χ1) is 7.60. The van der Waals surface area contributed by atoms with E-state index in [4.69, 9.17) is 5.11 Å². The summed E-state index contributed by atoms with van der Waals surface area (Å²) in [5, 5.41) is 9.13. The molecule has 0 aliphatic heterocycles. The Hall–Kier alpha value is -1.44. The van der Waals surface area contributed by atoms with Crippen LogP contribution in [0.5, 0.6) is 5.75 Å². The molecule has 4 heteroatoms. The predicted octanol–water partition coefficient (Wildman–Crippen LogP) is 0.371. The van der Waals surface area contributed by atoms with Gasteiger partial charge in [-0.25, -0.2) is 0 Å². The van der Waals surface area contributed by atoms with Crippen LogP contribution in [-0.2, 0) is 3.74 Å². The minimum atomic E-state index is -4.21. The molecule has 2 aromatic rings. The fourth-order valence-electron chi connectivity index (χ4n) is 1.43. The summed E-state index contributed by atoms with van der Waals surface area (Å²) in [4.78, 5) is 0. The first-order valence-electron chi connectivity index (χ1n) is 4.79. The number of rotatable bonds is 2. The molecule has 0 spiro atoms. The van der Waals surface area contributed by atoms with Crippen LogP contribution >= 0.6 is 0 Å². The van der Waals surface area contributed by atoms with Gasteiger partial charge in [0.25, 0.3) is 0 Å². The zero-order valence-electron chi connectivity index (χ0n) is 8.45. The SMILES string of the molecule is O=[As](O)(c1ccccc1)c1ccc(O)cc1. The zero-order valence-corrected chi connectivity index (χ0v) is 10.3. The quantitative estimate of drug-likeness (QED) is 0.780. The molecule has 0 bridgehead atoms. The van der Waals surface area contributed by atoms with Crippen LogP contribution in [0.15, 0.2) is 54.6 Å². The van der Waals surface area contributed by atoms with E-state index in [9.17, 15) is 7.84 Å².